The highest BCUT2D eigenvalue weighted by Crippen LogP contribution is 2.24. The molecule has 0 fully saturated rings. The van der Waals surface area contributed by atoms with Crippen LogP contribution < -0.4 is 10.6 Å². The quantitative estimate of drug-likeness (QED) is 0.492. The van der Waals surface area contributed by atoms with E-state index in [-0.39, 0.29) is 5.56 Å². The van der Waals surface area contributed by atoms with Crippen molar-refractivity contribution >= 4 is 11.8 Å². The van der Waals surface area contributed by atoms with Crippen LogP contribution in [0.3, 0.4) is 0 Å². The summed E-state index contributed by atoms with van der Waals surface area (Å²) >= 11 is 0. The van der Waals surface area contributed by atoms with Crippen molar-refractivity contribution in [1.82, 2.24) is 15.5 Å². The largest absolute Gasteiger partial charge is 0.386 e. The molecule has 30 heavy (non-hydrogen) atoms. The molecule has 1 amide bonds. The number of alkyl halides is 3. The minimum absolute atomic E-state index is 0.289. The predicted molar refractivity (Wildman–Crippen MR) is 102 cm³/mol. The molecule has 0 aliphatic heterocycles. The fourth-order valence-corrected chi connectivity index (χ4v) is 2.74. The molecule has 10 heteroatoms. The number of halogens is 3. The van der Waals surface area contributed by atoms with Gasteiger partial charge in [-0.25, -0.2) is 4.39 Å². The molecule has 2 atom stereocenters. The molecule has 7 nitrogen and oxygen atoms in total. The molecule has 0 spiro atoms. The smallest absolute Gasteiger partial charge is 0.315 e. The van der Waals surface area contributed by atoms with Crippen LogP contribution in [0.1, 0.15) is 17.4 Å². The number of benzene rings is 1. The Kier molecular flexibility index (Phi) is 7.02. The van der Waals surface area contributed by atoms with Gasteiger partial charge in [-0.2, -0.15) is 8.78 Å². The summed E-state index contributed by atoms with van der Waals surface area (Å²) < 4.78 is 42.7. The highest BCUT2D eigenvalue weighted by atomic mass is 19.3. The van der Waals surface area contributed by atoms with Gasteiger partial charge in [0.05, 0.1) is 24.5 Å². The van der Waals surface area contributed by atoms with Crippen molar-refractivity contribution in [2.45, 2.75) is 25.1 Å². The van der Waals surface area contributed by atoms with E-state index in [0.717, 1.165) is 16.8 Å². The number of aliphatic hydroxyl groups is 1. The summed E-state index contributed by atoms with van der Waals surface area (Å²) in [4.78, 5) is 15.4. The van der Waals surface area contributed by atoms with E-state index in [2.05, 4.69) is 15.5 Å². The second-order valence-electron chi connectivity index (χ2n) is 6.41. The molecule has 0 unspecified atom stereocenters. The number of rotatable bonds is 9. The van der Waals surface area contributed by atoms with Crippen molar-refractivity contribution in [3.63, 3.8) is 0 Å². The first kappa shape index (κ1) is 21.3. The Balaban J connectivity index is 1.63. The third-order valence-electron chi connectivity index (χ3n) is 4.37. The maximum atomic E-state index is 13.1. The Bertz CT molecular complexity index is 935. The number of aliphatic hydroxyl groups excluding tert-OH is 1. The number of aromatic nitrogens is 2. The molecule has 2 heterocycles. The van der Waals surface area contributed by atoms with Crippen LogP contribution in [0.15, 0.2) is 59.4 Å². The number of amides is 1. The molecule has 158 valence electrons. The van der Waals surface area contributed by atoms with Crippen LogP contribution in [0.5, 0.6) is 0 Å². The van der Waals surface area contributed by atoms with Crippen molar-refractivity contribution in [1.29, 1.82) is 0 Å². The van der Waals surface area contributed by atoms with Gasteiger partial charge in [0.1, 0.15) is 12.8 Å². The Labute approximate surface area is 169 Å². The van der Waals surface area contributed by atoms with Crippen LogP contribution >= 0.6 is 0 Å². The summed E-state index contributed by atoms with van der Waals surface area (Å²) in [7, 11) is 0. The van der Waals surface area contributed by atoms with Gasteiger partial charge in [-0.15, -0.1) is 0 Å². The molecule has 3 aromatic rings. The van der Waals surface area contributed by atoms with Crippen molar-refractivity contribution in [2.24, 2.45) is 0 Å². The lowest BCUT2D eigenvalue weighted by Crippen LogP contribution is -2.43. The SMILES string of the molecule is O=C(N[C@H](CF)[C@@H](O)c1ccc(-c2ccc(CNc3ccno3)nc2)cc1)C(F)F. The predicted octanol–water partition coefficient (Wildman–Crippen LogP) is 3.10. The van der Waals surface area contributed by atoms with Crippen LogP contribution in [0.2, 0.25) is 0 Å². The molecule has 1 aromatic carbocycles. The van der Waals surface area contributed by atoms with E-state index in [1.165, 1.54) is 18.3 Å². The third kappa shape index (κ3) is 5.35. The summed E-state index contributed by atoms with van der Waals surface area (Å²) in [6.45, 7) is -0.732. The van der Waals surface area contributed by atoms with Crippen LogP contribution in [-0.4, -0.2) is 40.3 Å². The monoisotopic (exact) mass is 420 g/mol. The Hall–Kier alpha value is -3.40. The molecule has 0 aliphatic carbocycles. The lowest BCUT2D eigenvalue weighted by Gasteiger charge is -2.22. The molecule has 3 N–H and O–H groups in total. The summed E-state index contributed by atoms with van der Waals surface area (Å²) in [6.07, 6.45) is -1.54. The standard InChI is InChI=1S/C20H19F3N4O3/c21-9-16(27-20(29)19(22)23)18(28)13-3-1-12(2-4-13)14-5-6-15(24-10-14)11-25-17-7-8-26-30-17/h1-8,10,16,18-19,25,28H,9,11H2,(H,27,29)/t16-,18+/m1/s1. The number of anilines is 1. The normalized spacial score (nSPS) is 13.1. The molecule has 0 radical (unpaired) electrons. The fraction of sp³-hybridized carbons (Fsp3) is 0.250. The Morgan fingerprint density at radius 2 is 1.83 bits per heavy atom. The number of nitrogens with zero attached hydrogens (tertiary/aromatic N) is 2. The summed E-state index contributed by atoms with van der Waals surface area (Å²) in [6, 6.07) is 10.4. The number of carbonyl (C=O) groups excluding carboxylic acids is 1. The van der Waals surface area contributed by atoms with Crippen molar-refractivity contribution in [3.8, 4) is 11.1 Å². The first-order valence-electron chi connectivity index (χ1n) is 9.00. The van der Waals surface area contributed by atoms with E-state index in [9.17, 15) is 23.1 Å². The van der Waals surface area contributed by atoms with Crippen LogP contribution in [0.25, 0.3) is 11.1 Å². The molecule has 0 bridgehead atoms. The molecular formula is C20H19F3N4O3. The van der Waals surface area contributed by atoms with Gasteiger partial charge in [0.15, 0.2) is 0 Å². The molecular weight excluding hydrogens is 401 g/mol. The first-order valence-corrected chi connectivity index (χ1v) is 9.00. The van der Waals surface area contributed by atoms with Crippen molar-refractivity contribution in [3.05, 3.63) is 66.1 Å². The summed E-state index contributed by atoms with van der Waals surface area (Å²) in [5, 5.41) is 18.6. The second-order valence-corrected chi connectivity index (χ2v) is 6.41. The average Bonchev–Trinajstić information content (AvgIpc) is 3.29. The van der Waals surface area contributed by atoms with Crippen LogP contribution in [0.4, 0.5) is 19.1 Å². The van der Waals surface area contributed by atoms with E-state index in [0.29, 0.717) is 12.4 Å². The van der Waals surface area contributed by atoms with E-state index >= 15 is 0 Å². The average molecular weight is 420 g/mol. The molecule has 0 aliphatic rings. The number of nitrogens with one attached hydrogen (secondary N) is 2. The van der Waals surface area contributed by atoms with E-state index in [1.54, 1.807) is 29.7 Å². The van der Waals surface area contributed by atoms with Gasteiger partial charge in [0.25, 0.3) is 5.91 Å². The third-order valence-corrected chi connectivity index (χ3v) is 4.37. The zero-order valence-electron chi connectivity index (χ0n) is 15.6. The van der Waals surface area contributed by atoms with Crippen molar-refractivity contribution in [2.75, 3.05) is 12.0 Å². The second kappa shape index (κ2) is 9.88. The van der Waals surface area contributed by atoms with E-state index in [4.69, 9.17) is 4.52 Å². The van der Waals surface area contributed by atoms with Crippen LogP contribution in [-0.2, 0) is 11.3 Å². The van der Waals surface area contributed by atoms with Crippen molar-refractivity contribution < 1.29 is 27.6 Å². The van der Waals surface area contributed by atoms with Gasteiger partial charge in [-0.3, -0.25) is 9.78 Å². The first-order chi connectivity index (χ1) is 14.5. The zero-order valence-corrected chi connectivity index (χ0v) is 15.6. The van der Waals surface area contributed by atoms with E-state index < -0.39 is 31.2 Å². The lowest BCUT2D eigenvalue weighted by molar-refractivity contribution is -0.133. The topological polar surface area (TPSA) is 100 Å². The molecule has 0 saturated carbocycles. The number of carbonyl (C=O) groups is 1. The Morgan fingerprint density at radius 3 is 2.40 bits per heavy atom. The zero-order chi connectivity index (χ0) is 21.5. The van der Waals surface area contributed by atoms with Gasteiger partial charge in [-0.1, -0.05) is 35.5 Å². The summed E-state index contributed by atoms with van der Waals surface area (Å²) in [5.41, 5.74) is 2.67. The minimum atomic E-state index is -3.28. The van der Waals surface area contributed by atoms with Crippen LogP contribution in [0, 0.1) is 0 Å². The molecule has 0 saturated heterocycles. The lowest BCUT2D eigenvalue weighted by atomic mass is 9.99. The molecule has 3 rings (SSSR count). The number of pyridine rings is 1. The maximum absolute atomic E-state index is 13.1. The minimum Gasteiger partial charge on any atom is -0.386 e. The maximum Gasteiger partial charge on any atom is 0.315 e. The van der Waals surface area contributed by atoms with Gasteiger partial charge >= 0.3 is 6.43 Å². The van der Waals surface area contributed by atoms with E-state index in [1.807, 2.05) is 12.1 Å². The van der Waals surface area contributed by atoms with Gasteiger partial charge < -0.3 is 20.3 Å². The summed E-state index contributed by atoms with van der Waals surface area (Å²) in [5.74, 6) is -1.09. The van der Waals surface area contributed by atoms with Gasteiger partial charge in [0, 0.05) is 17.8 Å². The highest BCUT2D eigenvalue weighted by Gasteiger charge is 2.26. The fourth-order valence-electron chi connectivity index (χ4n) is 2.74. The van der Waals surface area contributed by atoms with Gasteiger partial charge in [-0.05, 0) is 17.2 Å². The van der Waals surface area contributed by atoms with Gasteiger partial charge in [0.2, 0.25) is 5.88 Å². The number of hydrogen-bond acceptors (Lipinski definition) is 6. The number of hydrogen-bond donors (Lipinski definition) is 3. The Morgan fingerprint density at radius 1 is 1.10 bits per heavy atom. The molecule has 2 aromatic heterocycles. The highest BCUT2D eigenvalue weighted by molar-refractivity contribution is 5.79.